The Morgan fingerprint density at radius 2 is 1.56 bits per heavy atom. The highest BCUT2D eigenvalue weighted by molar-refractivity contribution is 8.60. The first-order valence-corrected chi connectivity index (χ1v) is 16.0. The molecule has 0 radical (unpaired) electrons. The van der Waals surface area contributed by atoms with Gasteiger partial charge >= 0.3 is 0 Å². The Kier molecular flexibility index (Phi) is 7.37. The third-order valence-corrected chi connectivity index (χ3v) is 8.97. The molecule has 18 nitrogen and oxygen atoms in total. The molecule has 6 heterocycles. The van der Waals surface area contributed by atoms with E-state index in [0.717, 1.165) is 0 Å². The van der Waals surface area contributed by atoms with E-state index in [4.69, 9.17) is 41.8 Å². The van der Waals surface area contributed by atoms with E-state index in [1.54, 1.807) is 0 Å². The number of aromatic nitrogens is 8. The fraction of sp³-hybridized carbons (Fsp3) is 0.500. The lowest BCUT2D eigenvalue weighted by Crippen LogP contribution is -2.28. The number of aliphatic hydroxyl groups excluding tert-OH is 2. The van der Waals surface area contributed by atoms with Crippen LogP contribution in [0.1, 0.15) is 25.3 Å². The highest BCUT2D eigenvalue weighted by Crippen LogP contribution is 2.57. The predicted octanol–water partition coefficient (Wildman–Crippen LogP) is -1.10. The summed E-state index contributed by atoms with van der Waals surface area (Å²) in [6.45, 7) is -0.542. The second kappa shape index (κ2) is 10.7. The molecule has 4 aromatic rings. The van der Waals surface area contributed by atoms with Crippen molar-refractivity contribution in [1.29, 1.82) is 0 Å². The van der Waals surface area contributed by atoms with Gasteiger partial charge in [-0.05, 0) is 11.8 Å². The molecule has 2 saturated heterocycles. The number of nitrogens with one attached hydrogen (secondary N) is 2. The summed E-state index contributed by atoms with van der Waals surface area (Å²) >= 11 is 9.91. The molecule has 4 aromatic heterocycles. The highest BCUT2D eigenvalue weighted by Gasteiger charge is 2.41. The SMILES string of the molecule is Nc1nc2c(ncn2[C@H]2C[C@H](OP(=S)(S)OC[C@H]3O[C@@H](n4cnc5c(=O)[nH]c(N)nc54)C[C@@H]3O)[C@@H](CO)O2)c(=O)[nH]1. The van der Waals surface area contributed by atoms with Gasteiger partial charge in [0.25, 0.3) is 11.1 Å². The quantitative estimate of drug-likeness (QED) is 0.0903. The van der Waals surface area contributed by atoms with Crippen molar-refractivity contribution in [3.05, 3.63) is 33.4 Å². The minimum Gasteiger partial charge on any atom is -0.394 e. The molecule has 220 valence electrons. The van der Waals surface area contributed by atoms with Crippen LogP contribution in [0.5, 0.6) is 0 Å². The molecular weight excluding hydrogens is 603 g/mol. The van der Waals surface area contributed by atoms with Gasteiger partial charge in [0.05, 0.1) is 38.1 Å². The van der Waals surface area contributed by atoms with Crippen LogP contribution in [0.4, 0.5) is 11.9 Å². The maximum atomic E-state index is 12.1. The maximum Gasteiger partial charge on any atom is 0.280 e. The van der Waals surface area contributed by atoms with Crippen LogP contribution in [0.2, 0.25) is 0 Å². The molecular formula is C20H25N10O8PS2. The molecule has 21 heteroatoms. The minimum atomic E-state index is -3.23. The summed E-state index contributed by atoms with van der Waals surface area (Å²) in [7, 11) is 0. The lowest BCUT2D eigenvalue weighted by Gasteiger charge is -2.25. The van der Waals surface area contributed by atoms with Crippen LogP contribution in [0.3, 0.4) is 0 Å². The van der Waals surface area contributed by atoms with E-state index in [-0.39, 0.29) is 60.3 Å². The molecule has 0 amide bonds. The number of aliphatic hydroxyl groups is 2. The number of H-pyrrole nitrogens is 2. The first kappa shape index (κ1) is 28.2. The Hall–Kier alpha value is -2.94. The predicted molar refractivity (Wildman–Crippen MR) is 149 cm³/mol. The summed E-state index contributed by atoms with van der Waals surface area (Å²) in [5, 5.41) is 20.5. The van der Waals surface area contributed by atoms with Gasteiger partial charge in [0.2, 0.25) is 17.6 Å². The number of imidazole rings is 2. The van der Waals surface area contributed by atoms with Crippen LogP contribution in [-0.4, -0.2) is 86.9 Å². The molecule has 0 saturated carbocycles. The molecule has 2 aliphatic rings. The van der Waals surface area contributed by atoms with Crippen molar-refractivity contribution in [2.75, 3.05) is 24.7 Å². The molecule has 2 aliphatic heterocycles. The number of ether oxygens (including phenoxy) is 2. The van der Waals surface area contributed by atoms with Gasteiger partial charge in [-0.3, -0.25) is 28.7 Å². The Morgan fingerprint density at radius 3 is 2.12 bits per heavy atom. The fourth-order valence-electron chi connectivity index (χ4n) is 4.86. The number of anilines is 2. The maximum absolute atomic E-state index is 12.1. The lowest BCUT2D eigenvalue weighted by atomic mass is 10.2. The van der Waals surface area contributed by atoms with E-state index in [0.29, 0.717) is 0 Å². The van der Waals surface area contributed by atoms with Gasteiger partial charge in [-0.25, -0.2) is 9.97 Å². The van der Waals surface area contributed by atoms with E-state index in [9.17, 15) is 19.8 Å². The van der Waals surface area contributed by atoms with Crippen molar-refractivity contribution in [2.45, 2.75) is 49.7 Å². The number of hydrogen-bond acceptors (Lipinski definition) is 15. The molecule has 0 spiro atoms. The van der Waals surface area contributed by atoms with Crippen LogP contribution >= 0.6 is 17.9 Å². The van der Waals surface area contributed by atoms with Crippen molar-refractivity contribution >= 4 is 64.0 Å². The van der Waals surface area contributed by atoms with Gasteiger partial charge in [-0.15, -0.1) is 0 Å². The fourth-order valence-corrected chi connectivity index (χ4v) is 6.90. The number of thiol groups is 1. The average Bonchev–Trinajstić information content (AvgIpc) is 3.67. The van der Waals surface area contributed by atoms with Crippen LogP contribution in [-0.2, 0) is 30.3 Å². The van der Waals surface area contributed by atoms with E-state index < -0.39 is 53.7 Å². The molecule has 7 atom stereocenters. The van der Waals surface area contributed by atoms with E-state index in [1.165, 1.54) is 21.8 Å². The topological polar surface area (TPSA) is 257 Å². The van der Waals surface area contributed by atoms with Gasteiger partial charge in [-0.2, -0.15) is 9.97 Å². The number of aromatic amines is 2. The van der Waals surface area contributed by atoms with Gasteiger partial charge in [0, 0.05) is 12.8 Å². The third-order valence-electron chi connectivity index (χ3n) is 6.76. The van der Waals surface area contributed by atoms with Gasteiger partial charge < -0.3 is 40.2 Å². The summed E-state index contributed by atoms with van der Waals surface area (Å²) in [6, 6.07) is 0. The Labute approximate surface area is 239 Å². The number of hydrogen-bond donors (Lipinski definition) is 7. The van der Waals surface area contributed by atoms with Crippen molar-refractivity contribution in [2.24, 2.45) is 0 Å². The van der Waals surface area contributed by atoms with Crippen molar-refractivity contribution in [3.8, 4) is 0 Å². The summed E-state index contributed by atoms with van der Waals surface area (Å²) in [5.74, 6) is -0.160. The lowest BCUT2D eigenvalue weighted by molar-refractivity contribution is -0.0458. The Bertz CT molecular complexity index is 1780. The number of nitrogen functional groups attached to an aromatic ring is 2. The molecule has 6 rings (SSSR count). The second-order valence-electron chi connectivity index (χ2n) is 9.44. The monoisotopic (exact) mass is 628 g/mol. The summed E-state index contributed by atoms with van der Waals surface area (Å²) in [4.78, 5) is 45.4. The first-order valence-electron chi connectivity index (χ1n) is 12.2. The second-order valence-corrected chi connectivity index (χ2v) is 14.7. The highest BCUT2D eigenvalue weighted by atomic mass is 32.9. The van der Waals surface area contributed by atoms with Crippen molar-refractivity contribution in [1.82, 2.24) is 39.0 Å². The van der Waals surface area contributed by atoms with Gasteiger partial charge in [0.15, 0.2) is 22.3 Å². The molecule has 0 aromatic carbocycles. The van der Waals surface area contributed by atoms with Crippen molar-refractivity contribution in [3.63, 3.8) is 0 Å². The Morgan fingerprint density at radius 1 is 1.02 bits per heavy atom. The normalized spacial score (nSPS) is 28.1. The molecule has 1 unspecified atom stereocenters. The summed E-state index contributed by atoms with van der Waals surface area (Å²) in [5.41, 5.74) is 7.71. The summed E-state index contributed by atoms with van der Waals surface area (Å²) < 4.78 is 26.7. The molecule has 41 heavy (non-hydrogen) atoms. The standard InChI is InChI=1S/C20H25N10O8PS2/c21-19-25-15-13(17(33)27-19)23-5-29(15)11-1-7(32)10(37-11)4-35-39(40,41)38-8-2-12(36-9(8)3-31)30-6-24-14-16(30)26-20(22)28-18(14)34/h5-12,31-32H,1-4H2,(H,40,41)(H3,21,25,27,33)(H3,22,26,28,34)/t7-,8-,9+,10+,11+,12+/m0/s1. The Balaban J connectivity index is 1.11. The van der Waals surface area contributed by atoms with Crippen LogP contribution in [0.25, 0.3) is 22.3 Å². The van der Waals surface area contributed by atoms with Gasteiger partial charge in [-0.1, -0.05) is 12.2 Å². The zero-order valence-corrected chi connectivity index (χ0v) is 23.5. The van der Waals surface area contributed by atoms with Crippen LogP contribution in [0.15, 0.2) is 22.2 Å². The van der Waals surface area contributed by atoms with E-state index >= 15 is 0 Å². The molecule has 0 bridgehead atoms. The number of nitrogens with two attached hydrogens (primary N) is 2. The number of rotatable bonds is 8. The van der Waals surface area contributed by atoms with Crippen molar-refractivity contribution < 1.29 is 28.7 Å². The molecule has 8 N–H and O–H groups in total. The minimum absolute atomic E-state index is 0.0785. The number of nitrogens with zero attached hydrogens (tertiary/aromatic N) is 6. The average molecular weight is 629 g/mol. The third kappa shape index (κ3) is 5.38. The number of fused-ring (bicyclic) bond motifs is 2. The van der Waals surface area contributed by atoms with E-state index in [2.05, 4.69) is 42.2 Å². The summed E-state index contributed by atoms with van der Waals surface area (Å²) in [6.07, 6.45) is -1.50. The van der Waals surface area contributed by atoms with Crippen LogP contribution in [0, 0.1) is 0 Å². The zero-order chi connectivity index (χ0) is 29.1. The molecule has 2 fully saturated rings. The largest absolute Gasteiger partial charge is 0.394 e. The first-order chi connectivity index (χ1) is 19.5. The van der Waals surface area contributed by atoms with Gasteiger partial charge in [0.1, 0.15) is 24.7 Å². The van der Waals surface area contributed by atoms with E-state index in [1.807, 2.05) is 0 Å². The smallest absolute Gasteiger partial charge is 0.280 e. The van der Waals surface area contributed by atoms with Crippen LogP contribution < -0.4 is 22.6 Å². The zero-order valence-electron chi connectivity index (χ0n) is 20.9. The molecule has 0 aliphatic carbocycles.